The van der Waals surface area contributed by atoms with Gasteiger partial charge in [-0.05, 0) is 103 Å². The summed E-state index contributed by atoms with van der Waals surface area (Å²) < 4.78 is 0. The number of fused-ring (bicyclic) bond motifs is 7. The Labute approximate surface area is 284 Å². The molecule has 0 spiro atoms. The normalized spacial score (nSPS) is 38.6. The van der Waals surface area contributed by atoms with Crippen LogP contribution in [0.5, 0.6) is 0 Å². The van der Waals surface area contributed by atoms with Crippen molar-refractivity contribution in [2.24, 2.45) is 44.8 Å². The van der Waals surface area contributed by atoms with Gasteiger partial charge in [0.25, 0.3) is 5.91 Å². The molecule has 6 nitrogen and oxygen atoms in total. The third-order valence-electron chi connectivity index (χ3n) is 13.8. The Morgan fingerprint density at radius 1 is 0.957 bits per heavy atom. The van der Waals surface area contributed by atoms with E-state index in [1.807, 2.05) is 26.0 Å². The number of Topliss-reactive ketones (excluding diaryl/α,β-unsaturated/α-hetero) is 1. The first-order valence-corrected chi connectivity index (χ1v) is 17.4. The molecule has 6 rings (SSSR count). The molecule has 0 radical (unpaired) electrons. The Morgan fingerprint density at radius 2 is 1.62 bits per heavy atom. The summed E-state index contributed by atoms with van der Waals surface area (Å²) in [6, 6.07) is 11.3. The Hall–Kier alpha value is -3.48. The number of nitrogens with one attached hydrogen (secondary N) is 1. The van der Waals surface area contributed by atoms with Crippen molar-refractivity contribution in [2.45, 2.75) is 99.0 Å². The number of benzene rings is 1. The molecule has 5 aliphatic rings. The number of carbonyl (C=O) groups excluding carboxylic acids is 3. The average Bonchev–Trinajstić information content (AvgIpc) is 3.00. The van der Waals surface area contributed by atoms with Crippen molar-refractivity contribution in [1.82, 2.24) is 5.32 Å². The van der Waals surface area contributed by atoms with Crippen LogP contribution in [-0.4, -0.2) is 23.0 Å². The minimum atomic E-state index is -0.713. The van der Waals surface area contributed by atoms with Crippen LogP contribution in [0.15, 0.2) is 53.1 Å². The lowest BCUT2D eigenvalue weighted by atomic mass is 9.35. The van der Waals surface area contributed by atoms with Gasteiger partial charge in [-0.2, -0.15) is 10.5 Å². The molecule has 1 aromatic rings. The van der Waals surface area contributed by atoms with Crippen LogP contribution in [0.4, 0.5) is 0 Å². The fraction of sp³-hybridized carbons (Fsp3) is 0.575. The topological polar surface area (TPSA) is 111 Å². The zero-order valence-corrected chi connectivity index (χ0v) is 29.5. The maximum Gasteiger partial charge on any atom is 0.262 e. The van der Waals surface area contributed by atoms with Crippen LogP contribution < -0.4 is 5.32 Å². The third-order valence-corrected chi connectivity index (χ3v) is 14.0. The number of hydrogen-bond donors (Lipinski definition) is 1. The summed E-state index contributed by atoms with van der Waals surface area (Å²) in [6.45, 7) is 15.2. The number of ketones is 2. The summed E-state index contributed by atoms with van der Waals surface area (Å²) in [4.78, 5) is 42.0. The van der Waals surface area contributed by atoms with Gasteiger partial charge in [-0.25, -0.2) is 0 Å². The molecule has 7 heteroatoms. The molecule has 246 valence electrons. The zero-order valence-electron chi connectivity index (χ0n) is 28.7. The number of amides is 1. The molecular weight excluding hydrogens is 606 g/mol. The largest absolute Gasteiger partial charge is 0.346 e. The highest BCUT2D eigenvalue weighted by molar-refractivity contribution is 6.30. The number of carbonyl (C=O) groups is 3. The Kier molecular flexibility index (Phi) is 7.65. The van der Waals surface area contributed by atoms with E-state index >= 15 is 0 Å². The smallest absolute Gasteiger partial charge is 0.262 e. The van der Waals surface area contributed by atoms with E-state index in [1.165, 1.54) is 0 Å². The molecule has 0 aromatic heterocycles. The molecule has 7 atom stereocenters. The summed E-state index contributed by atoms with van der Waals surface area (Å²) in [6.07, 6.45) is 10.9. The van der Waals surface area contributed by atoms with Crippen molar-refractivity contribution in [3.8, 4) is 12.1 Å². The predicted molar refractivity (Wildman–Crippen MR) is 182 cm³/mol. The predicted octanol–water partition coefficient (Wildman–Crippen LogP) is 8.34. The summed E-state index contributed by atoms with van der Waals surface area (Å²) >= 11 is 6.05. The first-order valence-electron chi connectivity index (χ1n) is 17.0. The van der Waals surface area contributed by atoms with Crippen LogP contribution in [0.3, 0.4) is 0 Å². The van der Waals surface area contributed by atoms with Crippen LogP contribution in [-0.2, 0) is 14.4 Å². The summed E-state index contributed by atoms with van der Waals surface area (Å²) in [5.74, 6) is -0.860. The Balaban J connectivity index is 1.43. The second-order valence-corrected chi connectivity index (χ2v) is 17.5. The van der Waals surface area contributed by atoms with Gasteiger partial charge in [-0.15, -0.1) is 0 Å². The van der Waals surface area contributed by atoms with Gasteiger partial charge < -0.3 is 5.32 Å². The van der Waals surface area contributed by atoms with Gasteiger partial charge in [0.15, 0.2) is 11.6 Å². The number of allylic oxidation sites excluding steroid dienone is 4. The van der Waals surface area contributed by atoms with E-state index in [4.69, 9.17) is 11.6 Å². The van der Waals surface area contributed by atoms with Gasteiger partial charge in [0.2, 0.25) is 0 Å². The molecular formula is C40H46ClN3O3. The molecule has 3 fully saturated rings. The zero-order chi connectivity index (χ0) is 34.4. The van der Waals surface area contributed by atoms with E-state index in [-0.39, 0.29) is 51.3 Å². The van der Waals surface area contributed by atoms with E-state index in [0.29, 0.717) is 11.4 Å². The molecule has 3 saturated carbocycles. The standard InChI is InChI=1S/C40H46ClN3O3/c1-35(2)14-16-40(44-34(47)25(22-42)18-24-8-10-27(41)11-9-24)17-15-39(7)32(28(40)21-35)29(45)19-31-37(5)20-26(23-43)33(46)36(3,4)30(37)12-13-38(31,39)6/h8-11,18-20,28,30,32H,12-17,21H2,1-7H3,(H,44,47)/b25-18+/t28-,30-,32-,37-,38+,39+,40-/m0/s1. The molecule has 47 heavy (non-hydrogen) atoms. The van der Waals surface area contributed by atoms with E-state index in [0.717, 1.165) is 49.7 Å². The summed E-state index contributed by atoms with van der Waals surface area (Å²) in [5, 5.41) is 24.0. The highest BCUT2D eigenvalue weighted by Crippen LogP contribution is 2.73. The quantitative estimate of drug-likeness (QED) is 0.261. The molecule has 1 N–H and O–H groups in total. The monoisotopic (exact) mass is 651 g/mol. The van der Waals surface area contributed by atoms with Gasteiger partial charge in [0, 0.05) is 27.3 Å². The highest BCUT2D eigenvalue weighted by Gasteiger charge is 2.70. The van der Waals surface area contributed by atoms with Gasteiger partial charge >= 0.3 is 0 Å². The lowest BCUT2D eigenvalue weighted by molar-refractivity contribution is -0.163. The first-order chi connectivity index (χ1) is 21.9. The minimum Gasteiger partial charge on any atom is -0.346 e. The molecule has 0 saturated heterocycles. The van der Waals surface area contributed by atoms with Crippen molar-refractivity contribution in [3.05, 3.63) is 63.7 Å². The minimum absolute atomic E-state index is 0.0125. The number of halogens is 1. The van der Waals surface area contributed by atoms with Crippen molar-refractivity contribution in [1.29, 1.82) is 10.5 Å². The molecule has 1 aromatic carbocycles. The first kappa shape index (κ1) is 33.4. The maximum absolute atomic E-state index is 14.8. The maximum atomic E-state index is 14.8. The van der Waals surface area contributed by atoms with Crippen LogP contribution in [0.1, 0.15) is 99.0 Å². The van der Waals surface area contributed by atoms with Crippen LogP contribution in [0, 0.1) is 67.5 Å². The van der Waals surface area contributed by atoms with Gasteiger partial charge in [-0.3, -0.25) is 14.4 Å². The van der Waals surface area contributed by atoms with Crippen molar-refractivity contribution < 1.29 is 14.4 Å². The average molecular weight is 652 g/mol. The molecule has 5 aliphatic carbocycles. The second-order valence-electron chi connectivity index (χ2n) is 17.1. The van der Waals surface area contributed by atoms with E-state index in [9.17, 15) is 24.9 Å². The Morgan fingerprint density at radius 3 is 2.26 bits per heavy atom. The van der Waals surface area contributed by atoms with Crippen molar-refractivity contribution in [3.63, 3.8) is 0 Å². The fourth-order valence-electron chi connectivity index (χ4n) is 11.0. The SMILES string of the molecule is CC1(C)CC[C@]2(NC(=O)/C(C#N)=C/c3ccc(Cl)cc3)CC[C@]3(C)[C@H](C(=O)C=C4[C@@]5(C)C=C(C#N)C(=O)C(C)(C)[C@@H]5CC[C@]43C)[C@@H]2C1. The molecule has 0 aliphatic heterocycles. The van der Waals surface area contributed by atoms with E-state index in [1.54, 1.807) is 30.3 Å². The third kappa shape index (κ3) is 4.81. The van der Waals surface area contributed by atoms with Gasteiger partial charge in [-0.1, -0.05) is 83.8 Å². The number of nitriles is 2. The van der Waals surface area contributed by atoms with Crippen LogP contribution >= 0.6 is 11.6 Å². The second kappa shape index (κ2) is 10.8. The van der Waals surface area contributed by atoms with Gasteiger partial charge in [0.1, 0.15) is 17.7 Å². The van der Waals surface area contributed by atoms with E-state index < -0.39 is 27.7 Å². The van der Waals surface area contributed by atoms with E-state index in [2.05, 4.69) is 52.1 Å². The lowest BCUT2D eigenvalue weighted by Crippen LogP contribution is -2.69. The van der Waals surface area contributed by atoms with Gasteiger partial charge in [0.05, 0.1) is 5.57 Å². The highest BCUT2D eigenvalue weighted by atomic mass is 35.5. The fourth-order valence-corrected chi connectivity index (χ4v) is 11.1. The van der Waals surface area contributed by atoms with Crippen molar-refractivity contribution in [2.75, 3.05) is 0 Å². The molecule has 1 amide bonds. The lowest BCUT2D eigenvalue weighted by Gasteiger charge is -2.69. The van der Waals surface area contributed by atoms with Crippen molar-refractivity contribution >= 4 is 35.2 Å². The number of rotatable bonds is 3. The summed E-state index contributed by atoms with van der Waals surface area (Å²) in [7, 11) is 0. The van der Waals surface area contributed by atoms with Crippen LogP contribution in [0.2, 0.25) is 5.02 Å². The summed E-state index contributed by atoms with van der Waals surface area (Å²) in [5.41, 5.74) is -0.665. The number of nitrogens with zero attached hydrogens (tertiary/aromatic N) is 2. The molecule has 0 heterocycles. The molecule has 0 bridgehead atoms. The van der Waals surface area contributed by atoms with Crippen LogP contribution in [0.25, 0.3) is 6.08 Å². The number of hydrogen-bond acceptors (Lipinski definition) is 5. The molecule has 0 unspecified atom stereocenters. The Bertz CT molecular complexity index is 1750.